The van der Waals surface area contributed by atoms with Crippen LogP contribution in [-0.4, -0.2) is 19.6 Å². The topological polar surface area (TPSA) is 56.2 Å². The molecule has 0 saturated carbocycles. The number of aromatic nitrogens is 4. The first-order valence-electron chi connectivity index (χ1n) is 5.66. The lowest BCUT2D eigenvalue weighted by Crippen LogP contribution is -1.89. The Morgan fingerprint density at radius 3 is 2.89 bits per heavy atom. The van der Waals surface area contributed by atoms with E-state index >= 15 is 0 Å². The summed E-state index contributed by atoms with van der Waals surface area (Å²) in [4.78, 5) is 4.03. The van der Waals surface area contributed by atoms with E-state index in [-0.39, 0.29) is 0 Å². The zero-order valence-electron chi connectivity index (χ0n) is 9.62. The smallest absolute Gasteiger partial charge is 0.205 e. The summed E-state index contributed by atoms with van der Waals surface area (Å²) in [7, 11) is 0. The molecular formula is C13H7ClN4O. The van der Waals surface area contributed by atoms with Gasteiger partial charge in [0, 0.05) is 11.5 Å². The van der Waals surface area contributed by atoms with Crippen LogP contribution in [0.25, 0.3) is 28.2 Å². The second kappa shape index (κ2) is 3.80. The Bertz CT molecular complexity index is 863. The van der Waals surface area contributed by atoms with Crippen LogP contribution in [0.4, 0.5) is 0 Å². The van der Waals surface area contributed by atoms with E-state index in [1.54, 1.807) is 16.8 Å². The number of fused-ring (bicyclic) bond motifs is 2. The van der Waals surface area contributed by atoms with Crippen molar-refractivity contribution in [3.05, 3.63) is 47.9 Å². The van der Waals surface area contributed by atoms with E-state index in [0.29, 0.717) is 22.4 Å². The van der Waals surface area contributed by atoms with Gasteiger partial charge in [-0.05, 0) is 12.1 Å². The van der Waals surface area contributed by atoms with Crippen molar-refractivity contribution in [3.63, 3.8) is 0 Å². The minimum absolute atomic E-state index is 0.385. The monoisotopic (exact) mass is 270 g/mol. The van der Waals surface area contributed by atoms with Gasteiger partial charge in [-0.1, -0.05) is 29.8 Å². The van der Waals surface area contributed by atoms with E-state index in [0.717, 1.165) is 11.0 Å². The molecule has 19 heavy (non-hydrogen) atoms. The fourth-order valence-corrected chi connectivity index (χ4v) is 2.17. The van der Waals surface area contributed by atoms with Gasteiger partial charge >= 0.3 is 0 Å². The first kappa shape index (κ1) is 10.5. The molecule has 0 spiro atoms. The largest absolute Gasteiger partial charge is 0.453 e. The van der Waals surface area contributed by atoms with Crippen LogP contribution in [0, 0.1) is 0 Å². The maximum absolute atomic E-state index is 5.82. The number of hydrogen-bond acceptors (Lipinski definition) is 4. The number of para-hydroxylation sites is 1. The van der Waals surface area contributed by atoms with Crippen LogP contribution in [0.15, 0.2) is 47.1 Å². The molecule has 4 aromatic rings. The molecule has 4 rings (SSSR count). The molecule has 3 heterocycles. The van der Waals surface area contributed by atoms with Gasteiger partial charge in [0.1, 0.15) is 17.1 Å². The van der Waals surface area contributed by atoms with Gasteiger partial charge in [-0.25, -0.2) is 4.98 Å². The fraction of sp³-hybridized carbons (Fsp3) is 0. The molecular weight excluding hydrogens is 264 g/mol. The minimum atomic E-state index is 0.385. The summed E-state index contributed by atoms with van der Waals surface area (Å²) in [5, 5.41) is 9.59. The Morgan fingerprint density at radius 1 is 1.11 bits per heavy atom. The molecule has 0 aliphatic heterocycles. The summed E-state index contributed by atoms with van der Waals surface area (Å²) in [5.74, 6) is 1.26. The van der Waals surface area contributed by atoms with E-state index < -0.39 is 0 Å². The summed E-state index contributed by atoms with van der Waals surface area (Å²) < 4.78 is 7.51. The summed E-state index contributed by atoms with van der Waals surface area (Å²) in [5.41, 5.74) is 1.45. The number of hydrogen-bond donors (Lipinski definition) is 0. The molecule has 0 atom stereocenters. The van der Waals surface area contributed by atoms with Crippen molar-refractivity contribution in [1.29, 1.82) is 0 Å². The minimum Gasteiger partial charge on any atom is -0.453 e. The third-order valence-corrected chi connectivity index (χ3v) is 3.12. The maximum Gasteiger partial charge on any atom is 0.205 e. The number of benzene rings is 1. The first-order chi connectivity index (χ1) is 9.31. The van der Waals surface area contributed by atoms with Crippen molar-refractivity contribution in [2.45, 2.75) is 0 Å². The first-order valence-corrected chi connectivity index (χ1v) is 6.04. The number of halogens is 1. The molecule has 0 amide bonds. The lowest BCUT2D eigenvalue weighted by atomic mass is 10.2. The molecule has 0 aliphatic carbocycles. The molecule has 0 fully saturated rings. The van der Waals surface area contributed by atoms with E-state index in [1.165, 1.54) is 0 Å². The number of furan rings is 1. The molecule has 3 aromatic heterocycles. The molecule has 5 nitrogen and oxygen atoms in total. The van der Waals surface area contributed by atoms with Gasteiger partial charge in [0.2, 0.25) is 5.82 Å². The van der Waals surface area contributed by atoms with Gasteiger partial charge in [0.15, 0.2) is 11.4 Å². The Balaban J connectivity index is 1.98. The molecule has 1 aromatic carbocycles. The Kier molecular flexibility index (Phi) is 2.10. The van der Waals surface area contributed by atoms with Crippen LogP contribution in [0.3, 0.4) is 0 Å². The van der Waals surface area contributed by atoms with Crippen LogP contribution in [0.1, 0.15) is 0 Å². The van der Waals surface area contributed by atoms with Gasteiger partial charge in [0.25, 0.3) is 0 Å². The average molecular weight is 271 g/mol. The lowest BCUT2D eigenvalue weighted by molar-refractivity contribution is 0.624. The van der Waals surface area contributed by atoms with Crippen LogP contribution in [-0.2, 0) is 0 Å². The second-order valence-electron chi connectivity index (χ2n) is 4.11. The highest BCUT2D eigenvalue weighted by Gasteiger charge is 2.13. The van der Waals surface area contributed by atoms with Gasteiger partial charge in [-0.2, -0.15) is 0 Å². The summed E-state index contributed by atoms with van der Waals surface area (Å²) >= 11 is 5.82. The van der Waals surface area contributed by atoms with Crippen LogP contribution >= 0.6 is 11.6 Å². The summed E-state index contributed by atoms with van der Waals surface area (Å²) in [6.45, 7) is 0. The zero-order chi connectivity index (χ0) is 12.8. The van der Waals surface area contributed by atoms with Crippen LogP contribution in [0.5, 0.6) is 0 Å². The fourth-order valence-electron chi connectivity index (χ4n) is 2.03. The van der Waals surface area contributed by atoms with Gasteiger partial charge in [-0.15, -0.1) is 10.2 Å². The van der Waals surface area contributed by atoms with Gasteiger partial charge in [-0.3, -0.25) is 4.40 Å². The zero-order valence-corrected chi connectivity index (χ0v) is 10.4. The van der Waals surface area contributed by atoms with Crippen molar-refractivity contribution in [2.24, 2.45) is 0 Å². The van der Waals surface area contributed by atoms with E-state index in [1.807, 2.05) is 30.3 Å². The third-order valence-electron chi connectivity index (χ3n) is 2.91. The van der Waals surface area contributed by atoms with Crippen LogP contribution < -0.4 is 0 Å². The van der Waals surface area contributed by atoms with E-state index in [9.17, 15) is 0 Å². The average Bonchev–Trinajstić information content (AvgIpc) is 3.00. The summed E-state index contributed by atoms with van der Waals surface area (Å²) in [6, 6.07) is 11.4. The Labute approximate surface area is 112 Å². The molecule has 0 radical (unpaired) electrons. The van der Waals surface area contributed by atoms with E-state index in [4.69, 9.17) is 16.0 Å². The van der Waals surface area contributed by atoms with Gasteiger partial charge in [0.05, 0.1) is 0 Å². The van der Waals surface area contributed by atoms with E-state index in [2.05, 4.69) is 15.2 Å². The molecule has 0 aliphatic rings. The Hall–Kier alpha value is -2.40. The van der Waals surface area contributed by atoms with Crippen molar-refractivity contribution in [3.8, 4) is 11.6 Å². The second-order valence-corrected chi connectivity index (χ2v) is 4.50. The number of nitrogens with zero attached hydrogens (tertiary/aromatic N) is 4. The highest BCUT2D eigenvalue weighted by Crippen LogP contribution is 2.26. The van der Waals surface area contributed by atoms with Gasteiger partial charge < -0.3 is 4.42 Å². The predicted octanol–water partition coefficient (Wildman–Crippen LogP) is 3.19. The SMILES string of the molecule is Clc1cc2nnc(-c3cc4ccccc4o3)n2cn1. The maximum atomic E-state index is 5.82. The Morgan fingerprint density at radius 2 is 2.00 bits per heavy atom. The molecule has 0 unspecified atom stereocenters. The van der Waals surface area contributed by atoms with Crippen LogP contribution in [0.2, 0.25) is 5.15 Å². The highest BCUT2D eigenvalue weighted by atomic mass is 35.5. The molecule has 0 saturated heterocycles. The summed E-state index contributed by atoms with van der Waals surface area (Å²) in [6.07, 6.45) is 1.58. The molecule has 92 valence electrons. The third kappa shape index (κ3) is 1.59. The van der Waals surface area contributed by atoms with Crippen molar-refractivity contribution in [1.82, 2.24) is 19.6 Å². The quantitative estimate of drug-likeness (QED) is 0.499. The standard InChI is InChI=1S/C13H7ClN4O/c14-11-6-12-16-17-13(18(12)7-15-11)10-5-8-3-1-2-4-9(8)19-10/h1-7H. The molecule has 0 N–H and O–H groups in total. The van der Waals surface area contributed by atoms with Crippen molar-refractivity contribution < 1.29 is 4.42 Å². The lowest BCUT2D eigenvalue weighted by Gasteiger charge is -1.95. The van der Waals surface area contributed by atoms with Crippen molar-refractivity contribution >= 4 is 28.2 Å². The highest BCUT2D eigenvalue weighted by molar-refractivity contribution is 6.29. The molecule has 0 bridgehead atoms. The molecule has 6 heteroatoms. The normalized spacial score (nSPS) is 11.4. The number of rotatable bonds is 1. The predicted molar refractivity (Wildman–Crippen MR) is 71.0 cm³/mol. The van der Waals surface area contributed by atoms with Crippen molar-refractivity contribution in [2.75, 3.05) is 0 Å².